The molecule has 1 saturated heterocycles. The number of hydrogen-bond donors (Lipinski definition) is 2. The third-order valence-electron chi connectivity index (χ3n) is 6.04. The van der Waals surface area contributed by atoms with Crippen LogP contribution in [0.3, 0.4) is 0 Å². The number of ether oxygens (including phenoxy) is 1. The van der Waals surface area contributed by atoms with Gasteiger partial charge in [-0.1, -0.05) is 24.4 Å². The molecule has 2 N–H and O–H groups in total. The summed E-state index contributed by atoms with van der Waals surface area (Å²) >= 11 is 6.25. The minimum absolute atomic E-state index is 0.0997. The lowest BCUT2D eigenvalue weighted by atomic mass is 10.1. The van der Waals surface area contributed by atoms with Crippen molar-refractivity contribution in [2.75, 3.05) is 26.7 Å². The Kier molecular flexibility index (Phi) is 7.26. The lowest BCUT2D eigenvalue weighted by molar-refractivity contribution is 0.0954. The first kappa shape index (κ1) is 23.6. The highest BCUT2D eigenvalue weighted by Gasteiger charge is 2.26. The molecule has 1 amide bonds. The lowest BCUT2D eigenvalue weighted by Gasteiger charge is -2.20. The fourth-order valence-electron chi connectivity index (χ4n) is 4.17. The van der Waals surface area contributed by atoms with Crippen molar-refractivity contribution in [2.45, 2.75) is 37.0 Å². The highest BCUT2D eigenvalue weighted by molar-refractivity contribution is 7.89. The van der Waals surface area contributed by atoms with E-state index in [0.717, 1.165) is 47.9 Å². The van der Waals surface area contributed by atoms with E-state index in [4.69, 9.17) is 16.3 Å². The van der Waals surface area contributed by atoms with E-state index >= 15 is 0 Å². The van der Waals surface area contributed by atoms with Gasteiger partial charge in [0.05, 0.1) is 22.6 Å². The predicted molar refractivity (Wildman–Crippen MR) is 130 cm³/mol. The molecule has 7 nitrogen and oxygen atoms in total. The number of aromatic amines is 1. The number of H-pyrrole nitrogens is 1. The maximum absolute atomic E-state index is 13.1. The van der Waals surface area contributed by atoms with Gasteiger partial charge in [0, 0.05) is 36.7 Å². The zero-order valence-corrected chi connectivity index (χ0v) is 20.1. The number of nitrogens with one attached hydrogen (secondary N) is 2. The zero-order chi connectivity index (χ0) is 23.4. The van der Waals surface area contributed by atoms with Gasteiger partial charge in [0.2, 0.25) is 10.0 Å². The molecule has 33 heavy (non-hydrogen) atoms. The Balaban J connectivity index is 1.46. The van der Waals surface area contributed by atoms with Crippen molar-refractivity contribution in [1.29, 1.82) is 0 Å². The maximum atomic E-state index is 13.1. The van der Waals surface area contributed by atoms with E-state index in [1.807, 2.05) is 24.4 Å². The van der Waals surface area contributed by atoms with Crippen molar-refractivity contribution in [2.24, 2.45) is 0 Å². The molecular formula is C24H28ClN3O4S. The number of hydrogen-bond acceptors (Lipinski definition) is 4. The molecule has 0 aliphatic carbocycles. The highest BCUT2D eigenvalue weighted by atomic mass is 35.5. The first-order valence-corrected chi connectivity index (χ1v) is 12.9. The van der Waals surface area contributed by atoms with E-state index in [-0.39, 0.29) is 15.5 Å². The summed E-state index contributed by atoms with van der Waals surface area (Å²) < 4.78 is 33.0. The molecule has 2 heterocycles. The minimum atomic E-state index is -3.67. The first-order chi connectivity index (χ1) is 15.9. The Bertz CT molecular complexity index is 1250. The van der Waals surface area contributed by atoms with Crippen LogP contribution in [0.25, 0.3) is 10.9 Å². The molecule has 1 fully saturated rings. The molecule has 0 bridgehead atoms. The summed E-state index contributed by atoms with van der Waals surface area (Å²) in [4.78, 5) is 16.2. The van der Waals surface area contributed by atoms with Crippen molar-refractivity contribution in [3.05, 3.63) is 58.7 Å². The topological polar surface area (TPSA) is 91.5 Å². The second-order valence-electron chi connectivity index (χ2n) is 8.19. The Hall–Kier alpha value is -2.55. The molecule has 0 unspecified atom stereocenters. The molecule has 0 spiro atoms. The smallest absolute Gasteiger partial charge is 0.252 e. The number of halogens is 1. The normalized spacial score (nSPS) is 15.3. The average Bonchev–Trinajstić information content (AvgIpc) is 3.01. The van der Waals surface area contributed by atoms with Gasteiger partial charge in [-0.15, -0.1) is 0 Å². The lowest BCUT2D eigenvalue weighted by Crippen LogP contribution is -2.32. The van der Waals surface area contributed by atoms with Gasteiger partial charge in [-0.25, -0.2) is 8.42 Å². The van der Waals surface area contributed by atoms with Crippen molar-refractivity contribution >= 4 is 38.4 Å². The van der Waals surface area contributed by atoms with Crippen molar-refractivity contribution in [1.82, 2.24) is 14.6 Å². The van der Waals surface area contributed by atoms with Crippen molar-refractivity contribution < 1.29 is 17.9 Å². The molecule has 1 aromatic heterocycles. The zero-order valence-electron chi connectivity index (χ0n) is 18.6. The molecule has 9 heteroatoms. The summed E-state index contributed by atoms with van der Waals surface area (Å²) in [5.74, 6) is 0.368. The third-order valence-corrected chi connectivity index (χ3v) is 8.26. The van der Waals surface area contributed by atoms with Crippen molar-refractivity contribution in [3.63, 3.8) is 0 Å². The van der Waals surface area contributed by atoms with Gasteiger partial charge in [-0.3, -0.25) is 4.79 Å². The number of fused-ring (bicyclic) bond motifs is 1. The Morgan fingerprint density at radius 3 is 2.61 bits per heavy atom. The van der Waals surface area contributed by atoms with Crippen LogP contribution in [0.4, 0.5) is 0 Å². The number of nitrogens with zero attached hydrogens (tertiary/aromatic N) is 1. The summed E-state index contributed by atoms with van der Waals surface area (Å²) in [7, 11) is -2.04. The van der Waals surface area contributed by atoms with Gasteiger partial charge >= 0.3 is 0 Å². The number of rotatable bonds is 7. The fraction of sp³-hybridized carbons (Fsp3) is 0.375. The Labute approximate surface area is 199 Å². The molecule has 0 saturated carbocycles. The van der Waals surface area contributed by atoms with Crippen LogP contribution in [0.15, 0.2) is 47.5 Å². The predicted octanol–water partition coefficient (Wildman–Crippen LogP) is 4.37. The highest BCUT2D eigenvalue weighted by Crippen LogP contribution is 2.26. The van der Waals surface area contributed by atoms with Gasteiger partial charge in [0.1, 0.15) is 5.75 Å². The SMILES string of the molecule is COc1ccc2[nH]cc(CCNC(=O)c3cc(S(=O)(=O)N4CCCCCC4)ccc3Cl)c2c1. The second kappa shape index (κ2) is 10.2. The quantitative estimate of drug-likeness (QED) is 0.515. The molecule has 4 rings (SSSR count). The largest absolute Gasteiger partial charge is 0.497 e. The molecule has 176 valence electrons. The average molecular weight is 490 g/mol. The second-order valence-corrected chi connectivity index (χ2v) is 10.5. The van der Waals surface area contributed by atoms with Crippen LogP contribution in [0.5, 0.6) is 5.75 Å². The van der Waals surface area contributed by atoms with Gasteiger partial charge in [0.25, 0.3) is 5.91 Å². The number of sulfonamides is 1. The standard InChI is InChI=1S/C24H28ClN3O4S/c1-32-18-6-9-23-20(14-18)17(16-27-23)10-11-26-24(29)21-15-19(7-8-22(21)25)33(30,31)28-12-4-2-3-5-13-28/h6-9,14-16,27H,2-5,10-13H2,1H3,(H,26,29). The number of carbonyl (C=O) groups excluding carboxylic acids is 1. The van der Waals surface area contributed by atoms with E-state index in [0.29, 0.717) is 26.1 Å². The van der Waals surface area contributed by atoms with Gasteiger partial charge in [0.15, 0.2) is 0 Å². The van der Waals surface area contributed by atoms with E-state index in [1.165, 1.54) is 22.5 Å². The first-order valence-electron chi connectivity index (χ1n) is 11.1. The van der Waals surface area contributed by atoms with E-state index < -0.39 is 15.9 Å². The summed E-state index contributed by atoms with van der Waals surface area (Å²) in [6, 6.07) is 10.1. The number of aromatic nitrogens is 1. The summed E-state index contributed by atoms with van der Waals surface area (Å²) in [6.45, 7) is 1.38. The van der Waals surface area contributed by atoms with Gasteiger partial charge < -0.3 is 15.0 Å². The van der Waals surface area contributed by atoms with Crippen LogP contribution in [0, 0.1) is 0 Å². The Morgan fingerprint density at radius 2 is 1.88 bits per heavy atom. The molecule has 2 aromatic carbocycles. The summed E-state index contributed by atoms with van der Waals surface area (Å²) in [6.07, 6.45) is 6.27. The van der Waals surface area contributed by atoms with Crippen LogP contribution in [-0.2, 0) is 16.4 Å². The monoisotopic (exact) mass is 489 g/mol. The molecule has 3 aromatic rings. The number of carbonyl (C=O) groups is 1. The maximum Gasteiger partial charge on any atom is 0.252 e. The van der Waals surface area contributed by atoms with E-state index in [9.17, 15) is 13.2 Å². The van der Waals surface area contributed by atoms with E-state index in [2.05, 4.69) is 10.3 Å². The number of methoxy groups -OCH3 is 1. The van der Waals surface area contributed by atoms with Gasteiger partial charge in [-0.05, 0) is 61.2 Å². The van der Waals surface area contributed by atoms with Crippen LogP contribution < -0.4 is 10.1 Å². The molecule has 1 aliphatic heterocycles. The summed E-state index contributed by atoms with van der Waals surface area (Å²) in [5, 5.41) is 4.12. The van der Waals surface area contributed by atoms with E-state index in [1.54, 1.807) is 7.11 Å². The third kappa shape index (κ3) is 5.18. The van der Waals surface area contributed by atoms with Gasteiger partial charge in [-0.2, -0.15) is 4.31 Å². The van der Waals surface area contributed by atoms with Crippen LogP contribution in [0.2, 0.25) is 5.02 Å². The Morgan fingerprint density at radius 1 is 1.12 bits per heavy atom. The number of amides is 1. The van der Waals surface area contributed by atoms with Crippen LogP contribution in [0.1, 0.15) is 41.6 Å². The molecular weight excluding hydrogens is 462 g/mol. The number of benzene rings is 2. The molecule has 1 aliphatic rings. The fourth-order valence-corrected chi connectivity index (χ4v) is 5.91. The molecule has 0 atom stereocenters. The van der Waals surface area contributed by atoms with Crippen molar-refractivity contribution in [3.8, 4) is 5.75 Å². The van der Waals surface area contributed by atoms with Crippen LogP contribution >= 0.6 is 11.6 Å². The minimum Gasteiger partial charge on any atom is -0.497 e. The molecule has 0 radical (unpaired) electrons. The summed E-state index contributed by atoms with van der Waals surface area (Å²) in [5.41, 5.74) is 2.20. The van der Waals surface area contributed by atoms with Crippen LogP contribution in [-0.4, -0.2) is 50.4 Å².